The van der Waals surface area contributed by atoms with Crippen LogP contribution in [0.4, 0.5) is 10.5 Å². The largest absolute Gasteiger partial charge is 0.495 e. The summed E-state index contributed by atoms with van der Waals surface area (Å²) in [6, 6.07) is 8.56. The smallest absolute Gasteiger partial charge is 0.295 e. The number of nitrogens with one attached hydrogen (secondary N) is 1. The number of rotatable bonds is 6. The molecule has 30 heavy (non-hydrogen) atoms. The third-order valence-corrected chi connectivity index (χ3v) is 5.67. The van der Waals surface area contributed by atoms with E-state index < -0.39 is 5.91 Å². The molecule has 156 valence electrons. The number of anilines is 1. The van der Waals surface area contributed by atoms with Crippen LogP contribution in [0.2, 0.25) is 5.02 Å². The van der Waals surface area contributed by atoms with Crippen LogP contribution in [0, 0.1) is 0 Å². The van der Waals surface area contributed by atoms with E-state index >= 15 is 0 Å². The Balaban J connectivity index is 1.49. The number of thioether (sulfide) groups is 1. The minimum absolute atomic E-state index is 0.0395. The number of methoxy groups -OCH3 is 2. The van der Waals surface area contributed by atoms with Gasteiger partial charge in [0.25, 0.3) is 11.1 Å². The Kier molecular flexibility index (Phi) is 5.65. The van der Waals surface area contributed by atoms with E-state index in [2.05, 4.69) is 5.32 Å². The van der Waals surface area contributed by atoms with Crippen LogP contribution < -0.4 is 24.3 Å². The summed E-state index contributed by atoms with van der Waals surface area (Å²) >= 11 is 7.04. The van der Waals surface area contributed by atoms with E-state index in [4.69, 9.17) is 30.5 Å². The van der Waals surface area contributed by atoms with E-state index in [0.29, 0.717) is 38.6 Å². The normalized spacial score (nSPS) is 16.4. The van der Waals surface area contributed by atoms with Crippen molar-refractivity contribution < 1.29 is 28.5 Å². The number of fused-ring (bicyclic) bond motifs is 1. The Bertz CT molecular complexity index is 1060. The molecule has 2 aliphatic rings. The molecule has 2 amide bonds. The van der Waals surface area contributed by atoms with Crippen molar-refractivity contribution in [1.82, 2.24) is 4.90 Å². The summed E-state index contributed by atoms with van der Waals surface area (Å²) in [7, 11) is 3.00. The lowest BCUT2D eigenvalue weighted by Gasteiger charge is -2.17. The molecule has 0 aromatic heterocycles. The molecule has 0 atom stereocenters. The Morgan fingerprint density at radius 2 is 1.90 bits per heavy atom. The van der Waals surface area contributed by atoms with Crippen molar-refractivity contribution in [2.45, 2.75) is 0 Å². The van der Waals surface area contributed by atoms with Gasteiger partial charge in [0.05, 0.1) is 36.5 Å². The second kappa shape index (κ2) is 8.37. The van der Waals surface area contributed by atoms with E-state index in [1.54, 1.807) is 36.4 Å². The van der Waals surface area contributed by atoms with Crippen molar-refractivity contribution >= 4 is 46.3 Å². The number of carbonyl (C=O) groups is 2. The molecule has 0 bridgehead atoms. The molecule has 0 radical (unpaired) electrons. The summed E-state index contributed by atoms with van der Waals surface area (Å²) in [5, 5.41) is 3.02. The fraction of sp³-hybridized carbons (Fsp3) is 0.200. The molecule has 1 N–H and O–H groups in total. The number of ether oxygens (including phenoxy) is 4. The van der Waals surface area contributed by atoms with Crippen LogP contribution in [-0.4, -0.2) is 43.7 Å². The maximum Gasteiger partial charge on any atom is 0.295 e. The lowest BCUT2D eigenvalue weighted by Crippen LogP contribution is -2.33. The second-order valence-electron chi connectivity index (χ2n) is 6.24. The molecule has 10 heteroatoms. The highest BCUT2D eigenvalue weighted by Crippen LogP contribution is 2.38. The van der Waals surface area contributed by atoms with E-state index in [1.165, 1.54) is 14.2 Å². The number of carbonyl (C=O) groups excluding carboxylic acids is 2. The SMILES string of the molecule is COc1cc(OC)c(NCN2C(=O)S/C(=C/c3ccc4c(c3)OCO4)C2=O)cc1Cl. The minimum atomic E-state index is -0.395. The first-order chi connectivity index (χ1) is 14.5. The molecule has 8 nitrogen and oxygen atoms in total. The maximum atomic E-state index is 12.7. The second-order valence-corrected chi connectivity index (χ2v) is 7.64. The summed E-state index contributed by atoms with van der Waals surface area (Å²) in [5.74, 6) is 1.79. The predicted molar refractivity (Wildman–Crippen MR) is 113 cm³/mol. The standard InChI is InChI=1S/C20H17ClN2O6S/c1-26-15-8-16(27-2)13(7-12(15)21)22-9-23-19(24)18(30-20(23)25)6-11-3-4-14-17(5-11)29-10-28-14/h3-8,22H,9-10H2,1-2H3/b18-6+. The monoisotopic (exact) mass is 448 g/mol. The van der Waals surface area contributed by atoms with Gasteiger partial charge in [-0.3, -0.25) is 14.5 Å². The Labute approximate surface area is 181 Å². The molecule has 2 aliphatic heterocycles. The molecule has 4 rings (SSSR count). The van der Waals surface area contributed by atoms with Gasteiger partial charge in [-0.25, -0.2) is 0 Å². The number of imide groups is 1. The Morgan fingerprint density at radius 3 is 2.67 bits per heavy atom. The van der Waals surface area contributed by atoms with Crippen molar-refractivity contribution in [3.63, 3.8) is 0 Å². The first-order valence-electron chi connectivity index (χ1n) is 8.80. The van der Waals surface area contributed by atoms with Gasteiger partial charge in [0.1, 0.15) is 11.5 Å². The van der Waals surface area contributed by atoms with Crippen LogP contribution in [0.5, 0.6) is 23.0 Å². The number of hydrogen-bond acceptors (Lipinski definition) is 8. The zero-order chi connectivity index (χ0) is 21.3. The van der Waals surface area contributed by atoms with E-state index in [-0.39, 0.29) is 18.7 Å². The van der Waals surface area contributed by atoms with Gasteiger partial charge in [-0.15, -0.1) is 0 Å². The van der Waals surface area contributed by atoms with Crippen LogP contribution >= 0.6 is 23.4 Å². The van der Waals surface area contributed by atoms with Crippen LogP contribution in [0.3, 0.4) is 0 Å². The fourth-order valence-electron chi connectivity index (χ4n) is 2.95. The highest BCUT2D eigenvalue weighted by molar-refractivity contribution is 8.18. The van der Waals surface area contributed by atoms with Gasteiger partial charge in [-0.2, -0.15) is 0 Å². The molecule has 0 spiro atoms. The van der Waals surface area contributed by atoms with Gasteiger partial charge in [-0.05, 0) is 41.6 Å². The van der Waals surface area contributed by atoms with E-state index in [1.807, 2.05) is 0 Å². The highest BCUT2D eigenvalue weighted by atomic mass is 35.5. The maximum absolute atomic E-state index is 12.7. The molecule has 2 heterocycles. The molecule has 0 unspecified atom stereocenters. The zero-order valence-corrected chi connectivity index (χ0v) is 17.6. The number of nitrogens with zero attached hydrogens (tertiary/aromatic N) is 1. The number of amides is 2. The molecular formula is C20H17ClN2O6S. The van der Waals surface area contributed by atoms with Crippen molar-refractivity contribution in [2.75, 3.05) is 33.0 Å². The van der Waals surface area contributed by atoms with E-state index in [9.17, 15) is 9.59 Å². The van der Waals surface area contributed by atoms with Crippen LogP contribution in [0.1, 0.15) is 5.56 Å². The van der Waals surface area contributed by atoms with Crippen LogP contribution in [0.15, 0.2) is 35.2 Å². The van der Waals surface area contributed by atoms with Crippen LogP contribution in [0.25, 0.3) is 6.08 Å². The van der Waals surface area contributed by atoms with Crippen molar-refractivity contribution in [1.29, 1.82) is 0 Å². The van der Waals surface area contributed by atoms with Crippen LogP contribution in [-0.2, 0) is 4.79 Å². The summed E-state index contributed by atoms with van der Waals surface area (Å²) in [5.41, 5.74) is 1.27. The summed E-state index contributed by atoms with van der Waals surface area (Å²) in [4.78, 5) is 26.6. The lowest BCUT2D eigenvalue weighted by atomic mass is 10.2. The predicted octanol–water partition coefficient (Wildman–Crippen LogP) is 4.19. The summed E-state index contributed by atoms with van der Waals surface area (Å²) in [6.07, 6.45) is 1.65. The van der Waals surface area contributed by atoms with Gasteiger partial charge in [-0.1, -0.05) is 17.7 Å². The zero-order valence-electron chi connectivity index (χ0n) is 16.1. The van der Waals surface area contributed by atoms with Gasteiger partial charge in [0.15, 0.2) is 11.5 Å². The minimum Gasteiger partial charge on any atom is -0.495 e. The topological polar surface area (TPSA) is 86.3 Å². The summed E-state index contributed by atoms with van der Waals surface area (Å²) in [6.45, 7) is 0.127. The van der Waals surface area contributed by atoms with Crippen molar-refractivity contribution in [3.8, 4) is 23.0 Å². The molecule has 2 aromatic carbocycles. The average molecular weight is 449 g/mol. The van der Waals surface area contributed by atoms with Gasteiger partial charge in [0, 0.05) is 6.07 Å². The van der Waals surface area contributed by atoms with Gasteiger partial charge < -0.3 is 24.3 Å². The number of hydrogen-bond donors (Lipinski definition) is 1. The molecule has 0 aliphatic carbocycles. The highest BCUT2D eigenvalue weighted by Gasteiger charge is 2.35. The van der Waals surface area contributed by atoms with Gasteiger partial charge in [0.2, 0.25) is 6.79 Å². The fourth-order valence-corrected chi connectivity index (χ4v) is 4.03. The van der Waals surface area contributed by atoms with E-state index in [0.717, 1.165) is 22.2 Å². The Morgan fingerprint density at radius 1 is 1.13 bits per heavy atom. The molecule has 1 saturated heterocycles. The molecule has 2 aromatic rings. The molecule has 1 fully saturated rings. The first-order valence-corrected chi connectivity index (χ1v) is 10.00. The lowest BCUT2D eigenvalue weighted by molar-refractivity contribution is -0.122. The Hall–Kier alpha value is -3.04. The number of benzene rings is 2. The third-order valence-electron chi connectivity index (χ3n) is 4.47. The van der Waals surface area contributed by atoms with Crippen molar-refractivity contribution in [2.24, 2.45) is 0 Å². The number of halogens is 1. The summed E-state index contributed by atoms with van der Waals surface area (Å²) < 4.78 is 21.1. The first kappa shape index (κ1) is 20.2. The quantitative estimate of drug-likeness (QED) is 0.658. The average Bonchev–Trinajstić information content (AvgIpc) is 3.30. The molecule has 0 saturated carbocycles. The molecular weight excluding hydrogens is 432 g/mol. The van der Waals surface area contributed by atoms with Gasteiger partial charge >= 0.3 is 0 Å². The third kappa shape index (κ3) is 3.86. The van der Waals surface area contributed by atoms with Crippen molar-refractivity contribution in [3.05, 3.63) is 45.8 Å².